The SMILES string of the molecule is CCCCCCCCCCCC[S][Sn]([CH2]CCC)([CH2]CCC)[O]C(=O)CCCCCCCCCCC. The van der Waals surface area contributed by atoms with Gasteiger partial charge in [-0.1, -0.05) is 13.8 Å². The van der Waals surface area contributed by atoms with Crippen LogP contribution in [0.1, 0.15) is 182 Å². The van der Waals surface area contributed by atoms with Gasteiger partial charge in [0.1, 0.15) is 0 Å². The molecule has 0 spiro atoms. The smallest absolute Gasteiger partial charge is 0.0654 e. The Balaban J connectivity index is 4.30. The van der Waals surface area contributed by atoms with E-state index in [-0.39, 0.29) is 5.97 Å². The van der Waals surface area contributed by atoms with E-state index in [4.69, 9.17) is 3.07 Å². The Hall–Kier alpha value is 0.619. The molecule has 2 nitrogen and oxygen atoms in total. The van der Waals surface area contributed by atoms with E-state index in [2.05, 4.69) is 36.6 Å². The summed E-state index contributed by atoms with van der Waals surface area (Å²) in [5.41, 5.74) is 0. The molecule has 216 valence electrons. The molecule has 0 rings (SSSR count). The molecule has 0 aliphatic carbocycles. The normalized spacial score (nSPS) is 11.8. The fourth-order valence-corrected chi connectivity index (χ4v) is 23.9. The Kier molecular flexibility index (Phi) is 29.1. The molecule has 0 atom stereocenters. The molecule has 4 heteroatoms. The maximum atomic E-state index is 12.9. The third-order valence-corrected chi connectivity index (χ3v) is 26.1. The van der Waals surface area contributed by atoms with Gasteiger partial charge in [0.25, 0.3) is 0 Å². The zero-order valence-electron chi connectivity index (χ0n) is 25.3. The molecule has 0 aromatic carbocycles. The molecule has 0 aromatic rings. The first-order valence-corrected chi connectivity index (χ1v) is 26.2. The van der Waals surface area contributed by atoms with Gasteiger partial charge in [-0.15, -0.1) is 0 Å². The zero-order chi connectivity index (χ0) is 26.6. The second-order valence-electron chi connectivity index (χ2n) is 11.2. The quantitative estimate of drug-likeness (QED) is 0.0606. The van der Waals surface area contributed by atoms with Crippen molar-refractivity contribution in [3.8, 4) is 0 Å². The molecule has 0 heterocycles. The second kappa shape index (κ2) is 28.6. The fraction of sp³-hybridized carbons (Fsp3) is 0.969. The van der Waals surface area contributed by atoms with E-state index in [9.17, 15) is 4.79 Å². The van der Waals surface area contributed by atoms with Gasteiger partial charge < -0.3 is 0 Å². The topological polar surface area (TPSA) is 26.3 Å². The average Bonchev–Trinajstić information content (AvgIpc) is 2.88. The molecule has 0 fully saturated rings. The van der Waals surface area contributed by atoms with Crippen LogP contribution in [0.5, 0.6) is 0 Å². The van der Waals surface area contributed by atoms with Gasteiger partial charge in [-0.05, 0) is 0 Å². The van der Waals surface area contributed by atoms with Crippen molar-refractivity contribution in [2.45, 2.75) is 191 Å². The van der Waals surface area contributed by atoms with E-state index >= 15 is 0 Å². The second-order valence-corrected chi connectivity index (χ2v) is 28.0. The average molecular weight is 634 g/mol. The number of carbonyl (C=O) groups excluding carboxylic acids is 1. The standard InChI is InChI=1S/C12H24O2.C12H26S.2C4H9.Sn/c1-2-3-4-5-6-7-8-9-10-11-12(13)14;1-2-3-4-5-6-7-8-9-10-11-12-13;2*1-3-4-2;/h2-11H2,1H3,(H,13,14);13H,2-12H2,1H3;2*1,3-4H2,2H3;/q;;;;+2/p-2. The van der Waals surface area contributed by atoms with Crippen LogP contribution in [0.3, 0.4) is 0 Å². The maximum absolute atomic E-state index is 12.9. The summed E-state index contributed by atoms with van der Waals surface area (Å²) < 4.78 is 9.01. The Morgan fingerprint density at radius 2 is 0.861 bits per heavy atom. The van der Waals surface area contributed by atoms with Crippen molar-refractivity contribution in [1.82, 2.24) is 0 Å². The van der Waals surface area contributed by atoms with Crippen molar-refractivity contribution >= 4 is 32.3 Å². The van der Waals surface area contributed by atoms with Crippen LogP contribution < -0.4 is 0 Å². The molecule has 0 aliphatic heterocycles. The molecule has 0 radical (unpaired) electrons. The minimum Gasteiger partial charge on any atom is -0.0654 e. The summed E-state index contributed by atoms with van der Waals surface area (Å²) in [7, 11) is 2.18. The number of hydrogen-bond donors (Lipinski definition) is 0. The molecule has 36 heavy (non-hydrogen) atoms. The molecular weight excluding hydrogens is 567 g/mol. The van der Waals surface area contributed by atoms with Crippen LogP contribution >= 0.6 is 8.95 Å². The zero-order valence-corrected chi connectivity index (χ0v) is 29.0. The first-order chi connectivity index (χ1) is 17.6. The molecule has 0 saturated heterocycles. The summed E-state index contributed by atoms with van der Waals surface area (Å²) in [4.78, 5) is 12.9. The van der Waals surface area contributed by atoms with Gasteiger partial charge in [-0.2, -0.15) is 0 Å². The summed E-state index contributed by atoms with van der Waals surface area (Å²) in [5.74, 6) is 1.38. The molecule has 0 saturated carbocycles. The Labute approximate surface area is 235 Å². The fourth-order valence-electron chi connectivity index (χ4n) is 4.98. The number of carbonyl (C=O) groups is 1. The van der Waals surface area contributed by atoms with Gasteiger partial charge in [-0.25, -0.2) is 0 Å². The first-order valence-electron chi connectivity index (χ1n) is 16.5. The Bertz CT molecular complexity index is 449. The Morgan fingerprint density at radius 3 is 1.28 bits per heavy atom. The first kappa shape index (κ1) is 36.6. The predicted molar refractivity (Wildman–Crippen MR) is 167 cm³/mol. The number of rotatable bonds is 29. The monoisotopic (exact) mass is 634 g/mol. The van der Waals surface area contributed by atoms with Crippen molar-refractivity contribution in [2.24, 2.45) is 0 Å². The van der Waals surface area contributed by atoms with Crippen LogP contribution in [0.25, 0.3) is 0 Å². The Morgan fingerprint density at radius 1 is 0.500 bits per heavy atom. The van der Waals surface area contributed by atoms with E-state index < -0.39 is 17.4 Å². The summed E-state index contributed by atoms with van der Waals surface area (Å²) in [6.07, 6.45) is 31.2. The summed E-state index contributed by atoms with van der Waals surface area (Å²) in [6, 6.07) is 0. The third kappa shape index (κ3) is 23.7. The van der Waals surface area contributed by atoms with E-state index in [0.717, 1.165) is 6.42 Å². The molecule has 0 aliphatic rings. The summed E-state index contributed by atoms with van der Waals surface area (Å²) in [6.45, 7) is 9.14. The van der Waals surface area contributed by atoms with Crippen molar-refractivity contribution in [2.75, 3.05) is 5.75 Å². The minimum atomic E-state index is -2.92. The van der Waals surface area contributed by atoms with Crippen molar-refractivity contribution < 1.29 is 7.87 Å². The summed E-state index contributed by atoms with van der Waals surface area (Å²) >= 11 is -2.92. The summed E-state index contributed by atoms with van der Waals surface area (Å²) in [5, 5.41) is 0. The molecule has 0 aromatic heterocycles. The van der Waals surface area contributed by atoms with Gasteiger partial charge in [0.05, 0.1) is 0 Å². The van der Waals surface area contributed by atoms with E-state index in [1.54, 1.807) is 0 Å². The molecule has 0 unspecified atom stereocenters. The molecule has 0 amide bonds. The van der Waals surface area contributed by atoms with Crippen LogP contribution in [0.2, 0.25) is 8.87 Å². The van der Waals surface area contributed by atoms with Crippen molar-refractivity contribution in [1.29, 1.82) is 0 Å². The number of unbranched alkanes of at least 4 members (excludes halogenated alkanes) is 19. The van der Waals surface area contributed by atoms with Gasteiger partial charge in [-0.3, -0.25) is 0 Å². The predicted octanol–water partition coefficient (Wildman–Crippen LogP) is 12.1. The van der Waals surface area contributed by atoms with E-state index in [0.29, 0.717) is 6.42 Å². The van der Waals surface area contributed by atoms with Crippen LogP contribution in [0, 0.1) is 0 Å². The molecule has 0 bridgehead atoms. The number of hydrogen-bond acceptors (Lipinski definition) is 3. The van der Waals surface area contributed by atoms with Crippen LogP contribution in [0.4, 0.5) is 0 Å². The third-order valence-electron chi connectivity index (χ3n) is 7.47. The molecular formula is C32H66O2SSn. The van der Waals surface area contributed by atoms with E-state index in [1.165, 1.54) is 156 Å². The molecule has 0 N–H and O–H groups in total. The van der Waals surface area contributed by atoms with Gasteiger partial charge >= 0.3 is 223 Å². The van der Waals surface area contributed by atoms with E-state index in [1.807, 2.05) is 0 Å². The van der Waals surface area contributed by atoms with Crippen molar-refractivity contribution in [3.63, 3.8) is 0 Å². The van der Waals surface area contributed by atoms with Gasteiger partial charge in [0, 0.05) is 0 Å². The minimum absolute atomic E-state index is 0.150. The van der Waals surface area contributed by atoms with Gasteiger partial charge in [0.2, 0.25) is 0 Å². The van der Waals surface area contributed by atoms with Gasteiger partial charge in [0.15, 0.2) is 0 Å². The van der Waals surface area contributed by atoms with Crippen LogP contribution in [-0.2, 0) is 7.87 Å². The van der Waals surface area contributed by atoms with Crippen molar-refractivity contribution in [3.05, 3.63) is 0 Å². The van der Waals surface area contributed by atoms with Crippen LogP contribution in [0.15, 0.2) is 0 Å². The van der Waals surface area contributed by atoms with Crippen LogP contribution in [-0.4, -0.2) is 29.1 Å².